The molecule has 220 valence electrons. The first kappa shape index (κ1) is 29.1. The summed E-state index contributed by atoms with van der Waals surface area (Å²) in [6.45, 7) is 0. The normalized spacial score (nSPS) is 28.7. The average Bonchev–Trinajstić information content (AvgIpc) is 2.90. The minimum atomic E-state index is -2.80. The van der Waals surface area contributed by atoms with Crippen LogP contribution in [0.1, 0.15) is 32.7 Å². The first-order chi connectivity index (χ1) is 19.6. The molecule has 0 aromatic heterocycles. The molecule has 2 aromatic carbocycles. The van der Waals surface area contributed by atoms with Crippen molar-refractivity contribution in [1.82, 2.24) is 4.90 Å². The zero-order valence-corrected chi connectivity index (χ0v) is 23.5. The van der Waals surface area contributed by atoms with Gasteiger partial charge in [0.25, 0.3) is 0 Å². The van der Waals surface area contributed by atoms with Gasteiger partial charge in [-0.2, -0.15) is 0 Å². The zero-order valence-electron chi connectivity index (χ0n) is 23.5. The summed E-state index contributed by atoms with van der Waals surface area (Å²) in [5.74, 6) is -12.3. The summed E-state index contributed by atoms with van der Waals surface area (Å²) in [7, 11) is 6.55. The van der Waals surface area contributed by atoms with E-state index in [1.807, 2.05) is 0 Å². The van der Waals surface area contributed by atoms with Crippen LogP contribution in [0.15, 0.2) is 30.3 Å². The summed E-state index contributed by atoms with van der Waals surface area (Å²) in [5.41, 5.74) is 4.15. The molecule has 42 heavy (non-hydrogen) atoms. The van der Waals surface area contributed by atoms with Gasteiger partial charge in [0.2, 0.25) is 5.91 Å². The Morgan fingerprint density at radius 3 is 2.14 bits per heavy atom. The molecular formula is C30H31N3O9. The first-order valence-corrected chi connectivity index (χ1v) is 13.4. The Morgan fingerprint density at radius 1 is 1.00 bits per heavy atom. The number of phenols is 1. The standard InChI is InChI=1S/C30H31N3O9/c1-32(2)18-11-15(12-5-7-13(8-6-12)29(40)41)23(34)20-16(18)9-14-10-17-22(33(3)4)25(36)21(28(31)39)27(38)30(17,42)26(37)19(14)24(20)35/h5-8,11,14,17,19,21-22,34,42H,9-10H2,1-4H3,(H2,31,39)(H,40,41)/t14-,17-,19?,21?,22-,30-/m1/s1. The Morgan fingerprint density at radius 2 is 1.62 bits per heavy atom. The van der Waals surface area contributed by atoms with Crippen molar-refractivity contribution in [2.24, 2.45) is 29.4 Å². The van der Waals surface area contributed by atoms with Gasteiger partial charge in [-0.15, -0.1) is 0 Å². The van der Waals surface area contributed by atoms with Crippen molar-refractivity contribution in [2.45, 2.75) is 24.5 Å². The highest BCUT2D eigenvalue weighted by molar-refractivity contribution is 6.32. The van der Waals surface area contributed by atoms with E-state index in [4.69, 9.17) is 5.73 Å². The van der Waals surface area contributed by atoms with Gasteiger partial charge in [0.05, 0.1) is 23.1 Å². The number of ketones is 4. The number of carbonyl (C=O) groups excluding carboxylic acids is 5. The predicted molar refractivity (Wildman–Crippen MR) is 148 cm³/mol. The van der Waals surface area contributed by atoms with Gasteiger partial charge in [0, 0.05) is 31.3 Å². The maximum absolute atomic E-state index is 14.1. The number of rotatable bonds is 5. The van der Waals surface area contributed by atoms with Crippen LogP contribution in [0.4, 0.5) is 5.69 Å². The van der Waals surface area contributed by atoms with Crippen molar-refractivity contribution in [3.05, 3.63) is 47.0 Å². The number of likely N-dealkylation sites (N-methyl/N-ethyl adjacent to an activating group) is 1. The summed E-state index contributed by atoms with van der Waals surface area (Å²) < 4.78 is 0. The number of Topliss-reactive ketones (excluding diaryl/α,β-unsaturated/α-hetero) is 4. The molecule has 1 amide bonds. The van der Waals surface area contributed by atoms with E-state index in [0.717, 1.165) is 0 Å². The van der Waals surface area contributed by atoms with Crippen LogP contribution in [0.2, 0.25) is 0 Å². The van der Waals surface area contributed by atoms with Gasteiger partial charge in [0.15, 0.2) is 34.7 Å². The quantitative estimate of drug-likeness (QED) is 0.357. The number of amides is 1. The van der Waals surface area contributed by atoms with Crippen LogP contribution in [0.3, 0.4) is 0 Å². The number of hydrogen-bond acceptors (Lipinski definition) is 10. The molecule has 2 saturated carbocycles. The Kier molecular flexibility index (Phi) is 6.82. The van der Waals surface area contributed by atoms with Crippen LogP contribution in [-0.4, -0.2) is 95.1 Å². The maximum atomic E-state index is 14.1. The molecule has 0 spiro atoms. The van der Waals surface area contributed by atoms with Crippen molar-refractivity contribution in [1.29, 1.82) is 0 Å². The third-order valence-electron chi connectivity index (χ3n) is 8.96. The lowest BCUT2D eigenvalue weighted by molar-refractivity contribution is -0.181. The highest BCUT2D eigenvalue weighted by atomic mass is 16.4. The molecule has 2 aromatic rings. The molecule has 0 aliphatic heterocycles. The molecule has 12 heteroatoms. The van der Waals surface area contributed by atoms with Crippen molar-refractivity contribution in [3.8, 4) is 16.9 Å². The molecular weight excluding hydrogens is 546 g/mol. The second-order valence-electron chi connectivity index (χ2n) is 11.7. The molecule has 5 rings (SSSR count). The highest BCUT2D eigenvalue weighted by Crippen LogP contribution is 2.53. The number of nitrogens with zero attached hydrogens (tertiary/aromatic N) is 2. The average molecular weight is 578 g/mol. The smallest absolute Gasteiger partial charge is 0.335 e. The minimum absolute atomic E-state index is 0.0273. The fourth-order valence-corrected chi connectivity index (χ4v) is 7.06. The number of carboxylic acid groups (broad SMARTS) is 1. The molecule has 0 bridgehead atoms. The molecule has 0 radical (unpaired) electrons. The largest absolute Gasteiger partial charge is 0.507 e. The highest BCUT2D eigenvalue weighted by Gasteiger charge is 2.69. The molecule has 6 atom stereocenters. The van der Waals surface area contributed by atoms with E-state index in [9.17, 15) is 44.1 Å². The third-order valence-corrected chi connectivity index (χ3v) is 8.96. The van der Waals surface area contributed by atoms with Crippen LogP contribution in [0, 0.1) is 23.7 Å². The topological polar surface area (TPSA) is 196 Å². The summed E-state index contributed by atoms with van der Waals surface area (Å²) >= 11 is 0. The fourth-order valence-electron chi connectivity index (χ4n) is 7.06. The molecule has 12 nitrogen and oxygen atoms in total. The predicted octanol–water partition coefficient (Wildman–Crippen LogP) is 0.298. The number of carbonyl (C=O) groups is 6. The molecule has 2 unspecified atom stereocenters. The number of primary amides is 1. The number of anilines is 1. The zero-order chi connectivity index (χ0) is 31.0. The lowest BCUT2D eigenvalue weighted by Gasteiger charge is -2.52. The molecule has 0 heterocycles. The fraction of sp³-hybridized carbons (Fsp3) is 0.400. The van der Waals surface area contributed by atoms with E-state index in [1.165, 1.54) is 43.3 Å². The molecule has 0 saturated heterocycles. The number of aromatic hydroxyl groups is 1. The van der Waals surface area contributed by atoms with E-state index in [0.29, 0.717) is 16.8 Å². The second kappa shape index (κ2) is 9.85. The van der Waals surface area contributed by atoms with E-state index >= 15 is 0 Å². The van der Waals surface area contributed by atoms with Gasteiger partial charge >= 0.3 is 5.97 Å². The van der Waals surface area contributed by atoms with Crippen LogP contribution in [-0.2, 0) is 25.6 Å². The Balaban J connectivity index is 1.67. The van der Waals surface area contributed by atoms with Crippen molar-refractivity contribution < 1.29 is 44.1 Å². The van der Waals surface area contributed by atoms with Crippen molar-refractivity contribution in [3.63, 3.8) is 0 Å². The monoisotopic (exact) mass is 577 g/mol. The Bertz CT molecular complexity index is 1580. The lowest BCUT2D eigenvalue weighted by atomic mass is 9.52. The minimum Gasteiger partial charge on any atom is -0.507 e. The van der Waals surface area contributed by atoms with E-state index in [1.54, 1.807) is 25.1 Å². The number of hydrogen-bond donors (Lipinski definition) is 4. The number of benzene rings is 2. The van der Waals surface area contributed by atoms with Crippen molar-refractivity contribution >= 4 is 40.7 Å². The lowest BCUT2D eigenvalue weighted by Crippen LogP contribution is -2.74. The van der Waals surface area contributed by atoms with Crippen molar-refractivity contribution in [2.75, 3.05) is 33.1 Å². The summed E-state index contributed by atoms with van der Waals surface area (Å²) in [5, 5.41) is 32.4. The summed E-state index contributed by atoms with van der Waals surface area (Å²) in [4.78, 5) is 81.5. The molecule has 3 aliphatic carbocycles. The third kappa shape index (κ3) is 3.97. The Hall–Kier alpha value is -4.42. The molecule has 3 aliphatic rings. The van der Waals surface area contributed by atoms with Crippen LogP contribution < -0.4 is 10.6 Å². The summed E-state index contributed by atoms with van der Waals surface area (Å²) in [6, 6.07) is 6.19. The number of aromatic carboxylic acids is 1. The number of carboxylic acids is 1. The van der Waals surface area contributed by atoms with Gasteiger partial charge in [-0.25, -0.2) is 4.79 Å². The SMILES string of the molecule is CN(C)c1cc(-c2ccc(C(=O)O)cc2)c(O)c2c1C[C@@H]1C[C@@H]3[C@@H](N(C)C)C(=O)C(C(N)=O)C(=O)[C@]3(O)C(=O)C1C2=O. The first-order valence-electron chi connectivity index (χ1n) is 13.4. The van der Waals surface area contributed by atoms with Gasteiger partial charge in [-0.3, -0.25) is 28.9 Å². The maximum Gasteiger partial charge on any atom is 0.335 e. The van der Waals surface area contributed by atoms with Crippen LogP contribution >= 0.6 is 0 Å². The van der Waals surface area contributed by atoms with Crippen LogP contribution in [0.5, 0.6) is 5.75 Å². The Labute approximate surface area is 240 Å². The van der Waals surface area contributed by atoms with E-state index in [-0.39, 0.29) is 29.5 Å². The summed E-state index contributed by atoms with van der Waals surface area (Å²) in [6.07, 6.45) is 0.0844. The van der Waals surface area contributed by atoms with E-state index < -0.39 is 76.1 Å². The van der Waals surface area contributed by atoms with Gasteiger partial charge in [0.1, 0.15) is 5.75 Å². The number of aliphatic hydroxyl groups is 1. The molecule has 5 N–H and O–H groups in total. The van der Waals surface area contributed by atoms with Crippen LogP contribution in [0.25, 0.3) is 11.1 Å². The van der Waals surface area contributed by atoms with Gasteiger partial charge in [-0.1, -0.05) is 12.1 Å². The van der Waals surface area contributed by atoms with Gasteiger partial charge in [-0.05, 0) is 62.2 Å². The molecule has 2 fully saturated rings. The van der Waals surface area contributed by atoms with Gasteiger partial charge < -0.3 is 26.0 Å². The second-order valence-corrected chi connectivity index (χ2v) is 11.7. The van der Waals surface area contributed by atoms with E-state index in [2.05, 4.69) is 0 Å². The number of fused-ring (bicyclic) bond motifs is 3. The number of phenolic OH excluding ortho intramolecular Hbond substituents is 1. The number of nitrogens with two attached hydrogens (primary N) is 1.